The number of carbonyl (C=O) groups is 1. The van der Waals surface area contributed by atoms with Crippen LogP contribution in [-0.4, -0.2) is 36.7 Å². The quantitative estimate of drug-likeness (QED) is 0.675. The second-order valence-corrected chi connectivity index (χ2v) is 8.40. The molecule has 6 nitrogen and oxygen atoms in total. The van der Waals surface area contributed by atoms with E-state index in [1.54, 1.807) is 0 Å². The molecule has 2 atom stereocenters. The molecule has 1 aliphatic carbocycles. The van der Waals surface area contributed by atoms with Crippen LogP contribution in [-0.2, 0) is 4.79 Å². The van der Waals surface area contributed by atoms with Crippen molar-refractivity contribution >= 4 is 11.6 Å². The Morgan fingerprint density at radius 3 is 2.77 bits per heavy atom. The van der Waals surface area contributed by atoms with E-state index in [-0.39, 0.29) is 18.1 Å². The Morgan fingerprint density at radius 2 is 2.03 bits per heavy atom. The molecule has 2 aromatic rings. The van der Waals surface area contributed by atoms with E-state index >= 15 is 0 Å². The van der Waals surface area contributed by atoms with Crippen molar-refractivity contribution in [3.63, 3.8) is 0 Å². The number of carbonyl (C=O) groups excluding carboxylic acids is 1. The summed E-state index contributed by atoms with van der Waals surface area (Å²) in [6.07, 6.45) is 6.78. The lowest BCUT2D eigenvalue weighted by Crippen LogP contribution is -2.25. The summed E-state index contributed by atoms with van der Waals surface area (Å²) in [4.78, 5) is 17.9. The van der Waals surface area contributed by atoms with Crippen LogP contribution in [0.25, 0.3) is 0 Å². The smallest absolute Gasteiger partial charge is 0.217 e. The fourth-order valence-corrected chi connectivity index (χ4v) is 3.89. The summed E-state index contributed by atoms with van der Waals surface area (Å²) in [5.41, 5.74) is 2.20. The topological polar surface area (TPSA) is 63.7 Å². The normalized spacial score (nSPS) is 19.4. The highest BCUT2D eigenvalue weighted by Crippen LogP contribution is 2.32. The summed E-state index contributed by atoms with van der Waals surface area (Å²) in [6.45, 7) is 6.06. The van der Waals surface area contributed by atoms with Gasteiger partial charge in [0.05, 0.1) is 19.2 Å². The fourth-order valence-electron chi connectivity index (χ4n) is 3.89. The number of hydrogen-bond acceptors (Lipinski definition) is 5. The van der Waals surface area contributed by atoms with E-state index in [0.717, 1.165) is 55.5 Å². The molecular formula is C24H31N3O3. The molecule has 30 heavy (non-hydrogen) atoms. The molecule has 0 spiro atoms. The van der Waals surface area contributed by atoms with Crippen molar-refractivity contribution in [2.24, 2.45) is 5.92 Å². The zero-order valence-corrected chi connectivity index (χ0v) is 17.8. The second-order valence-electron chi connectivity index (χ2n) is 8.40. The second kappa shape index (κ2) is 9.37. The lowest BCUT2D eigenvalue weighted by Gasteiger charge is -2.20. The molecule has 1 aromatic carbocycles. The maximum Gasteiger partial charge on any atom is 0.217 e. The summed E-state index contributed by atoms with van der Waals surface area (Å²) in [6, 6.07) is 12.0. The van der Waals surface area contributed by atoms with Gasteiger partial charge in [0.2, 0.25) is 11.8 Å². The van der Waals surface area contributed by atoms with Crippen LogP contribution in [0.2, 0.25) is 0 Å². The lowest BCUT2D eigenvalue weighted by molar-refractivity contribution is -0.119. The first-order valence-electron chi connectivity index (χ1n) is 10.9. The van der Waals surface area contributed by atoms with Gasteiger partial charge in [-0.3, -0.25) is 4.79 Å². The number of amides is 1. The number of aromatic nitrogens is 1. The molecule has 1 saturated heterocycles. The van der Waals surface area contributed by atoms with Crippen molar-refractivity contribution in [3.05, 3.63) is 48.2 Å². The minimum atomic E-state index is -0.0264. The number of anilines is 1. The van der Waals surface area contributed by atoms with Crippen molar-refractivity contribution in [2.45, 2.75) is 51.7 Å². The third-order valence-electron chi connectivity index (χ3n) is 5.80. The van der Waals surface area contributed by atoms with Crippen molar-refractivity contribution in [3.8, 4) is 11.6 Å². The molecule has 1 saturated carbocycles. The highest BCUT2D eigenvalue weighted by molar-refractivity contribution is 5.73. The Morgan fingerprint density at radius 1 is 1.23 bits per heavy atom. The largest absolute Gasteiger partial charge is 0.489 e. The molecule has 2 heterocycles. The molecule has 2 fully saturated rings. The molecule has 1 aromatic heterocycles. The molecule has 1 amide bonds. The summed E-state index contributed by atoms with van der Waals surface area (Å²) < 4.78 is 12.0. The SMILES string of the molecule is CC(=O)N[C@@H](C)c1ccc(O[C@@H]2CCN(c3ccnc(OCCC4CC4)c3)C2)cc1. The zero-order valence-electron chi connectivity index (χ0n) is 17.8. The monoisotopic (exact) mass is 409 g/mol. The van der Waals surface area contributed by atoms with E-state index in [2.05, 4.69) is 15.2 Å². The molecule has 1 aliphatic heterocycles. The zero-order chi connectivity index (χ0) is 20.9. The predicted molar refractivity (Wildman–Crippen MR) is 117 cm³/mol. The van der Waals surface area contributed by atoms with Crippen molar-refractivity contribution in [1.82, 2.24) is 10.3 Å². The van der Waals surface area contributed by atoms with E-state index in [1.807, 2.05) is 49.5 Å². The Balaban J connectivity index is 1.28. The van der Waals surface area contributed by atoms with Gasteiger partial charge in [0.1, 0.15) is 11.9 Å². The highest BCUT2D eigenvalue weighted by atomic mass is 16.5. The minimum Gasteiger partial charge on any atom is -0.489 e. The molecule has 1 N–H and O–H groups in total. The first-order chi connectivity index (χ1) is 14.6. The maximum absolute atomic E-state index is 11.2. The highest BCUT2D eigenvalue weighted by Gasteiger charge is 2.25. The van der Waals surface area contributed by atoms with Crippen molar-refractivity contribution in [1.29, 1.82) is 0 Å². The summed E-state index contributed by atoms with van der Waals surface area (Å²) in [5, 5.41) is 2.90. The van der Waals surface area contributed by atoms with E-state index in [9.17, 15) is 4.79 Å². The molecule has 0 radical (unpaired) electrons. The number of ether oxygens (including phenoxy) is 2. The first kappa shape index (κ1) is 20.5. The van der Waals surface area contributed by atoms with E-state index < -0.39 is 0 Å². The van der Waals surface area contributed by atoms with Crippen LogP contribution in [0, 0.1) is 5.92 Å². The van der Waals surface area contributed by atoms with Crippen molar-refractivity contribution in [2.75, 3.05) is 24.6 Å². The van der Waals surface area contributed by atoms with Gasteiger partial charge in [0, 0.05) is 37.8 Å². The molecule has 6 heteroatoms. The maximum atomic E-state index is 11.2. The van der Waals surface area contributed by atoms with Gasteiger partial charge in [-0.25, -0.2) is 4.98 Å². The lowest BCUT2D eigenvalue weighted by atomic mass is 10.1. The summed E-state index contributed by atoms with van der Waals surface area (Å²) in [5.74, 6) is 2.41. The van der Waals surface area contributed by atoms with Gasteiger partial charge in [-0.1, -0.05) is 25.0 Å². The number of rotatable bonds is 9. The number of pyridine rings is 1. The van der Waals surface area contributed by atoms with Gasteiger partial charge in [0.15, 0.2) is 0 Å². The Bertz CT molecular complexity index is 851. The number of hydrogen-bond donors (Lipinski definition) is 1. The fraction of sp³-hybridized carbons (Fsp3) is 0.500. The van der Waals surface area contributed by atoms with Gasteiger partial charge in [-0.15, -0.1) is 0 Å². The number of benzene rings is 1. The van der Waals surface area contributed by atoms with E-state index in [4.69, 9.17) is 9.47 Å². The molecule has 160 valence electrons. The van der Waals surface area contributed by atoms with Crippen LogP contribution in [0.15, 0.2) is 42.6 Å². The van der Waals surface area contributed by atoms with Gasteiger partial charge >= 0.3 is 0 Å². The standard InChI is InChI=1S/C24H31N3O3/c1-17(26-18(2)28)20-5-7-22(8-6-20)30-23-10-13-27(16-23)21-9-12-25-24(15-21)29-14-11-19-3-4-19/h5-9,12,15,17,19,23H,3-4,10-11,13-14,16H2,1-2H3,(H,26,28)/t17-,23+/m0/s1. The van der Waals surface area contributed by atoms with Crippen LogP contribution in [0.4, 0.5) is 5.69 Å². The predicted octanol–water partition coefficient (Wildman–Crippen LogP) is 4.12. The minimum absolute atomic E-state index is 0.00842. The van der Waals surface area contributed by atoms with Crippen LogP contribution in [0.5, 0.6) is 11.6 Å². The van der Waals surface area contributed by atoms with Crippen molar-refractivity contribution < 1.29 is 14.3 Å². The van der Waals surface area contributed by atoms with Gasteiger partial charge < -0.3 is 19.7 Å². The van der Waals surface area contributed by atoms with E-state index in [1.165, 1.54) is 19.8 Å². The molecule has 2 aliphatic rings. The molecule has 0 unspecified atom stereocenters. The molecular weight excluding hydrogens is 378 g/mol. The van der Waals surface area contributed by atoms with E-state index in [0.29, 0.717) is 5.88 Å². The van der Waals surface area contributed by atoms with Crippen LogP contribution in [0.1, 0.15) is 51.1 Å². The van der Waals surface area contributed by atoms with Crippen LogP contribution in [0.3, 0.4) is 0 Å². The van der Waals surface area contributed by atoms with Gasteiger partial charge in [0.25, 0.3) is 0 Å². The number of nitrogens with zero attached hydrogens (tertiary/aromatic N) is 2. The van der Waals surface area contributed by atoms with Crippen LogP contribution >= 0.6 is 0 Å². The van der Waals surface area contributed by atoms with Crippen LogP contribution < -0.4 is 19.7 Å². The Labute approximate surface area is 178 Å². The Hall–Kier alpha value is -2.76. The Kier molecular flexibility index (Phi) is 6.41. The third-order valence-corrected chi connectivity index (χ3v) is 5.80. The van der Waals surface area contributed by atoms with Gasteiger partial charge in [-0.2, -0.15) is 0 Å². The molecule has 0 bridgehead atoms. The third kappa shape index (κ3) is 5.65. The average Bonchev–Trinajstić information content (AvgIpc) is 3.44. The summed E-state index contributed by atoms with van der Waals surface area (Å²) >= 11 is 0. The summed E-state index contributed by atoms with van der Waals surface area (Å²) in [7, 11) is 0. The average molecular weight is 410 g/mol. The van der Waals surface area contributed by atoms with Gasteiger partial charge in [-0.05, 0) is 43.0 Å². The first-order valence-corrected chi connectivity index (χ1v) is 10.9. The number of nitrogens with one attached hydrogen (secondary N) is 1. The molecule has 4 rings (SSSR count).